The van der Waals surface area contributed by atoms with Crippen molar-refractivity contribution in [1.82, 2.24) is 10.2 Å². The molecule has 214 valence electrons. The van der Waals surface area contributed by atoms with Crippen LogP contribution in [0.5, 0.6) is 0 Å². The molecule has 7 nitrogen and oxygen atoms in total. The monoisotopic (exact) mass is 563 g/mol. The van der Waals surface area contributed by atoms with E-state index < -0.39 is 34.1 Å². The predicted octanol–water partition coefficient (Wildman–Crippen LogP) is 4.93. The lowest BCUT2D eigenvalue weighted by molar-refractivity contribution is -0.140. The van der Waals surface area contributed by atoms with E-state index in [0.29, 0.717) is 5.69 Å². The number of anilines is 1. The standard InChI is InChI=1S/C32H41N3O4S/c1-23-17-18-25(3)28(19-23)35(40(7,38)39)22-30(36)34(21-27-16-12-11-13-24(27)2)29(31(37)33-32(4,5)6)20-26-14-9-8-10-15-26/h8-19,29H,20-22H2,1-7H3,(H,33,37). The van der Waals surface area contributed by atoms with Crippen LogP contribution in [0.25, 0.3) is 0 Å². The summed E-state index contributed by atoms with van der Waals surface area (Å²) in [6.07, 6.45) is 1.38. The van der Waals surface area contributed by atoms with E-state index in [0.717, 1.165) is 38.4 Å². The maximum Gasteiger partial charge on any atom is 0.244 e. The molecule has 1 atom stereocenters. The molecular weight excluding hydrogens is 522 g/mol. The van der Waals surface area contributed by atoms with Gasteiger partial charge in [-0.3, -0.25) is 13.9 Å². The van der Waals surface area contributed by atoms with Crippen molar-refractivity contribution in [2.45, 2.75) is 66.1 Å². The summed E-state index contributed by atoms with van der Waals surface area (Å²) < 4.78 is 27.2. The number of amides is 2. The van der Waals surface area contributed by atoms with Gasteiger partial charge >= 0.3 is 0 Å². The normalized spacial score (nSPS) is 12.5. The van der Waals surface area contributed by atoms with Crippen LogP contribution in [0.2, 0.25) is 0 Å². The van der Waals surface area contributed by atoms with E-state index in [4.69, 9.17) is 0 Å². The zero-order chi connectivity index (χ0) is 29.7. The minimum absolute atomic E-state index is 0.158. The van der Waals surface area contributed by atoms with Crippen LogP contribution in [0.1, 0.15) is 48.6 Å². The second-order valence-electron chi connectivity index (χ2n) is 11.5. The molecule has 40 heavy (non-hydrogen) atoms. The number of sulfonamides is 1. The Morgan fingerprint density at radius 3 is 2.10 bits per heavy atom. The summed E-state index contributed by atoms with van der Waals surface area (Å²) in [5.74, 6) is -0.754. The SMILES string of the molecule is Cc1ccc(C)c(N(CC(=O)N(Cc2ccccc2C)C(Cc2ccccc2)C(=O)NC(C)(C)C)S(C)(=O)=O)c1. The second kappa shape index (κ2) is 12.7. The predicted molar refractivity (Wildman–Crippen MR) is 162 cm³/mol. The van der Waals surface area contributed by atoms with Crippen molar-refractivity contribution >= 4 is 27.5 Å². The van der Waals surface area contributed by atoms with Gasteiger partial charge in [-0.2, -0.15) is 0 Å². The van der Waals surface area contributed by atoms with Gasteiger partial charge in [0.1, 0.15) is 12.6 Å². The van der Waals surface area contributed by atoms with Gasteiger partial charge in [0.25, 0.3) is 0 Å². The smallest absolute Gasteiger partial charge is 0.244 e. The molecule has 0 spiro atoms. The van der Waals surface area contributed by atoms with Gasteiger partial charge in [0.2, 0.25) is 21.8 Å². The number of nitrogens with one attached hydrogen (secondary N) is 1. The first kappa shape index (κ1) is 30.9. The van der Waals surface area contributed by atoms with Crippen LogP contribution < -0.4 is 9.62 Å². The Hall–Kier alpha value is -3.65. The van der Waals surface area contributed by atoms with Crippen LogP contribution in [0, 0.1) is 20.8 Å². The molecule has 0 fully saturated rings. The molecule has 1 unspecified atom stereocenters. The molecule has 0 aliphatic rings. The molecule has 0 radical (unpaired) electrons. The summed E-state index contributed by atoms with van der Waals surface area (Å²) in [6.45, 7) is 11.1. The van der Waals surface area contributed by atoms with Gasteiger partial charge in [0.15, 0.2) is 0 Å². The number of hydrogen-bond acceptors (Lipinski definition) is 4. The molecule has 8 heteroatoms. The first-order valence-corrected chi connectivity index (χ1v) is 15.3. The highest BCUT2D eigenvalue weighted by atomic mass is 32.2. The number of nitrogens with zero attached hydrogens (tertiary/aromatic N) is 2. The van der Waals surface area contributed by atoms with Crippen molar-refractivity contribution in [3.8, 4) is 0 Å². The van der Waals surface area contributed by atoms with Crippen molar-refractivity contribution in [2.24, 2.45) is 0 Å². The van der Waals surface area contributed by atoms with Crippen molar-refractivity contribution in [3.63, 3.8) is 0 Å². The van der Waals surface area contributed by atoms with Gasteiger partial charge in [0, 0.05) is 18.5 Å². The third-order valence-electron chi connectivity index (χ3n) is 6.68. The summed E-state index contributed by atoms with van der Waals surface area (Å²) in [5, 5.41) is 3.04. The van der Waals surface area contributed by atoms with E-state index in [1.807, 2.05) is 108 Å². The summed E-state index contributed by atoms with van der Waals surface area (Å²) in [5.41, 5.74) is 4.30. The lowest BCUT2D eigenvalue weighted by Gasteiger charge is -2.35. The molecule has 2 amide bonds. The Morgan fingerprint density at radius 2 is 1.50 bits per heavy atom. The van der Waals surface area contributed by atoms with E-state index in [9.17, 15) is 18.0 Å². The van der Waals surface area contributed by atoms with Crippen LogP contribution >= 0.6 is 0 Å². The topological polar surface area (TPSA) is 86.8 Å². The molecule has 0 heterocycles. The molecule has 0 aliphatic heterocycles. The molecule has 0 saturated heterocycles. The van der Waals surface area contributed by atoms with Gasteiger partial charge in [-0.15, -0.1) is 0 Å². The third-order valence-corrected chi connectivity index (χ3v) is 7.81. The highest BCUT2D eigenvalue weighted by molar-refractivity contribution is 7.92. The van der Waals surface area contributed by atoms with E-state index in [2.05, 4.69) is 5.32 Å². The van der Waals surface area contributed by atoms with Crippen LogP contribution in [-0.4, -0.2) is 49.5 Å². The van der Waals surface area contributed by atoms with Crippen molar-refractivity contribution < 1.29 is 18.0 Å². The highest BCUT2D eigenvalue weighted by Crippen LogP contribution is 2.25. The highest BCUT2D eigenvalue weighted by Gasteiger charge is 2.34. The Kier molecular flexibility index (Phi) is 9.79. The van der Waals surface area contributed by atoms with Crippen LogP contribution in [0.15, 0.2) is 72.8 Å². The molecule has 0 aliphatic carbocycles. The molecule has 3 aromatic carbocycles. The average Bonchev–Trinajstić information content (AvgIpc) is 2.86. The Morgan fingerprint density at radius 1 is 0.875 bits per heavy atom. The maximum atomic E-state index is 14.2. The van der Waals surface area contributed by atoms with E-state index in [1.54, 1.807) is 6.07 Å². The Balaban J connectivity index is 2.11. The van der Waals surface area contributed by atoms with Crippen molar-refractivity contribution in [1.29, 1.82) is 0 Å². The number of aryl methyl sites for hydroxylation is 3. The molecular formula is C32H41N3O4S. The molecule has 1 N–H and O–H groups in total. The fraction of sp³-hybridized carbons (Fsp3) is 0.375. The molecule has 0 saturated carbocycles. The summed E-state index contributed by atoms with van der Waals surface area (Å²) in [7, 11) is -3.82. The second-order valence-corrected chi connectivity index (χ2v) is 13.4. The van der Waals surface area contributed by atoms with Crippen LogP contribution in [0.3, 0.4) is 0 Å². The zero-order valence-electron chi connectivity index (χ0n) is 24.6. The number of rotatable bonds is 10. The van der Waals surface area contributed by atoms with Crippen molar-refractivity contribution in [3.05, 3.63) is 101 Å². The number of carbonyl (C=O) groups excluding carboxylic acids is 2. The fourth-order valence-corrected chi connectivity index (χ4v) is 5.46. The summed E-state index contributed by atoms with van der Waals surface area (Å²) in [6, 6.07) is 21.9. The average molecular weight is 564 g/mol. The molecule has 0 aromatic heterocycles. The summed E-state index contributed by atoms with van der Waals surface area (Å²) >= 11 is 0. The largest absolute Gasteiger partial charge is 0.350 e. The van der Waals surface area contributed by atoms with Crippen LogP contribution in [0.4, 0.5) is 5.69 Å². The Bertz CT molecular complexity index is 1450. The van der Waals surface area contributed by atoms with Gasteiger partial charge in [0.05, 0.1) is 11.9 Å². The molecule has 0 bridgehead atoms. The summed E-state index contributed by atoms with van der Waals surface area (Å²) in [4.78, 5) is 29.6. The first-order valence-electron chi connectivity index (χ1n) is 13.4. The van der Waals surface area contributed by atoms with Gasteiger partial charge < -0.3 is 10.2 Å². The number of hydrogen-bond donors (Lipinski definition) is 1. The minimum Gasteiger partial charge on any atom is -0.350 e. The van der Waals surface area contributed by atoms with E-state index in [1.165, 1.54) is 4.90 Å². The lowest BCUT2D eigenvalue weighted by Crippen LogP contribution is -2.56. The molecule has 3 rings (SSSR count). The third kappa shape index (κ3) is 8.42. The first-order chi connectivity index (χ1) is 18.7. The fourth-order valence-electron chi connectivity index (χ4n) is 4.56. The van der Waals surface area contributed by atoms with E-state index >= 15 is 0 Å². The lowest BCUT2D eigenvalue weighted by atomic mass is 10.00. The maximum absolute atomic E-state index is 14.2. The minimum atomic E-state index is -3.82. The van der Waals surface area contributed by atoms with Gasteiger partial charge in [-0.25, -0.2) is 8.42 Å². The van der Waals surface area contributed by atoms with Gasteiger partial charge in [-0.1, -0.05) is 66.7 Å². The van der Waals surface area contributed by atoms with Gasteiger partial charge in [-0.05, 0) is 75.4 Å². The number of benzene rings is 3. The van der Waals surface area contributed by atoms with E-state index in [-0.39, 0.29) is 18.9 Å². The molecule has 3 aromatic rings. The van der Waals surface area contributed by atoms with Crippen LogP contribution in [-0.2, 0) is 32.6 Å². The zero-order valence-corrected chi connectivity index (χ0v) is 25.4. The Labute approximate surface area is 239 Å². The quantitative estimate of drug-likeness (QED) is 0.379. The van der Waals surface area contributed by atoms with Crippen molar-refractivity contribution in [2.75, 3.05) is 17.1 Å². The number of carbonyl (C=O) groups is 2.